The highest BCUT2D eigenvalue weighted by Gasteiger charge is 2.33. The summed E-state index contributed by atoms with van der Waals surface area (Å²) in [5, 5.41) is 3.38. The van der Waals surface area contributed by atoms with Crippen LogP contribution in [0.5, 0.6) is 0 Å². The van der Waals surface area contributed by atoms with Crippen molar-refractivity contribution >= 4 is 39.1 Å². The first-order valence-electron chi connectivity index (χ1n) is 13.4. The van der Waals surface area contributed by atoms with Crippen LogP contribution < -0.4 is 9.62 Å². The highest BCUT2D eigenvalue weighted by Crippen LogP contribution is 2.28. The molecule has 0 aromatic heterocycles. The van der Waals surface area contributed by atoms with E-state index in [2.05, 4.69) is 5.32 Å². The van der Waals surface area contributed by atoms with E-state index in [-0.39, 0.29) is 18.9 Å². The highest BCUT2D eigenvalue weighted by atomic mass is 35.5. The molecule has 0 aliphatic rings. The lowest BCUT2D eigenvalue weighted by Gasteiger charge is -2.34. The van der Waals surface area contributed by atoms with Gasteiger partial charge in [0.2, 0.25) is 21.8 Å². The molecule has 0 radical (unpaired) electrons. The Kier molecular flexibility index (Phi) is 11.2. The minimum atomic E-state index is -3.86. The summed E-state index contributed by atoms with van der Waals surface area (Å²) in [5.74, 6) is -0.764. The number of halogens is 1. The Morgan fingerprint density at radius 3 is 2.23 bits per heavy atom. The Labute approximate surface area is 243 Å². The number of anilines is 1. The summed E-state index contributed by atoms with van der Waals surface area (Å²) in [7, 11) is -3.86. The van der Waals surface area contributed by atoms with Crippen LogP contribution in [-0.2, 0) is 32.6 Å². The van der Waals surface area contributed by atoms with Gasteiger partial charge in [0.05, 0.1) is 11.9 Å². The van der Waals surface area contributed by atoms with Crippen LogP contribution in [0.1, 0.15) is 42.0 Å². The summed E-state index contributed by atoms with van der Waals surface area (Å²) < 4.78 is 27.0. The minimum Gasteiger partial charge on any atom is -0.354 e. The second-order valence-corrected chi connectivity index (χ2v) is 12.3. The number of amides is 2. The first-order chi connectivity index (χ1) is 19.0. The Morgan fingerprint density at radius 1 is 0.925 bits per heavy atom. The molecule has 1 N–H and O–H groups in total. The molecule has 7 nitrogen and oxygen atoms in total. The molecule has 0 spiro atoms. The van der Waals surface area contributed by atoms with Gasteiger partial charge in [-0.3, -0.25) is 13.9 Å². The number of nitrogens with zero attached hydrogens (tertiary/aromatic N) is 2. The average molecular weight is 584 g/mol. The van der Waals surface area contributed by atoms with Gasteiger partial charge in [-0.25, -0.2) is 8.42 Å². The first kappa shape index (κ1) is 31.2. The van der Waals surface area contributed by atoms with Gasteiger partial charge in [-0.2, -0.15) is 0 Å². The fourth-order valence-corrected chi connectivity index (χ4v) is 5.48. The molecule has 40 heavy (non-hydrogen) atoms. The topological polar surface area (TPSA) is 86.8 Å². The molecule has 0 heterocycles. The van der Waals surface area contributed by atoms with Crippen LogP contribution in [0, 0.1) is 13.8 Å². The van der Waals surface area contributed by atoms with Crippen LogP contribution in [0.2, 0.25) is 5.02 Å². The summed E-state index contributed by atoms with van der Waals surface area (Å²) in [4.78, 5) is 29.2. The van der Waals surface area contributed by atoms with Gasteiger partial charge in [0, 0.05) is 24.5 Å². The number of aryl methyl sites for hydroxylation is 1. The SMILES string of the molecule is CCCCNC(=O)[C@@H](Cc1ccccc1)N(Cc1ccc(C)cc1)C(=O)CN(c1cccc(Cl)c1C)S(C)(=O)=O. The fraction of sp³-hybridized carbons (Fsp3) is 0.355. The van der Waals surface area contributed by atoms with Gasteiger partial charge in [0.1, 0.15) is 12.6 Å². The zero-order chi connectivity index (χ0) is 29.3. The maximum absolute atomic E-state index is 14.1. The van der Waals surface area contributed by atoms with Gasteiger partial charge in [0.25, 0.3) is 0 Å². The molecule has 3 aromatic carbocycles. The van der Waals surface area contributed by atoms with E-state index >= 15 is 0 Å². The second-order valence-electron chi connectivity index (χ2n) is 10.0. The van der Waals surface area contributed by atoms with Crippen molar-refractivity contribution in [2.75, 3.05) is 23.7 Å². The highest BCUT2D eigenvalue weighted by molar-refractivity contribution is 7.92. The predicted octanol–water partition coefficient (Wildman–Crippen LogP) is 5.28. The third-order valence-corrected chi connectivity index (χ3v) is 8.30. The Hall–Kier alpha value is -3.36. The minimum absolute atomic E-state index is 0.143. The van der Waals surface area contributed by atoms with Crippen molar-refractivity contribution in [2.45, 2.75) is 52.6 Å². The van der Waals surface area contributed by atoms with Gasteiger partial charge < -0.3 is 10.2 Å². The first-order valence-corrected chi connectivity index (χ1v) is 15.6. The Bertz CT molecular complexity index is 1400. The molecular formula is C31H38ClN3O4S. The van der Waals surface area contributed by atoms with Crippen molar-refractivity contribution in [3.63, 3.8) is 0 Å². The largest absolute Gasteiger partial charge is 0.354 e. The zero-order valence-electron chi connectivity index (χ0n) is 23.6. The summed E-state index contributed by atoms with van der Waals surface area (Å²) in [6.07, 6.45) is 3.07. The molecule has 3 rings (SSSR count). The van der Waals surface area contributed by atoms with E-state index in [0.29, 0.717) is 22.8 Å². The summed E-state index contributed by atoms with van der Waals surface area (Å²) in [6.45, 7) is 5.89. The molecule has 0 aliphatic carbocycles. The van der Waals surface area contributed by atoms with E-state index in [4.69, 9.17) is 11.6 Å². The van der Waals surface area contributed by atoms with Crippen LogP contribution in [0.15, 0.2) is 72.8 Å². The second kappa shape index (κ2) is 14.3. The van der Waals surface area contributed by atoms with Crippen molar-refractivity contribution in [1.82, 2.24) is 10.2 Å². The van der Waals surface area contributed by atoms with Crippen molar-refractivity contribution in [3.8, 4) is 0 Å². The third-order valence-electron chi connectivity index (χ3n) is 6.76. The van der Waals surface area contributed by atoms with Gasteiger partial charge in [-0.1, -0.05) is 91.2 Å². The quantitative estimate of drug-likeness (QED) is 0.277. The fourth-order valence-electron chi connectivity index (χ4n) is 4.41. The average Bonchev–Trinajstić information content (AvgIpc) is 2.92. The van der Waals surface area contributed by atoms with E-state index in [1.54, 1.807) is 25.1 Å². The predicted molar refractivity (Wildman–Crippen MR) is 162 cm³/mol. The normalized spacial score (nSPS) is 12.0. The monoisotopic (exact) mass is 583 g/mol. The van der Waals surface area contributed by atoms with E-state index < -0.39 is 28.5 Å². The zero-order valence-corrected chi connectivity index (χ0v) is 25.1. The van der Waals surface area contributed by atoms with Crippen molar-refractivity contribution < 1.29 is 18.0 Å². The van der Waals surface area contributed by atoms with Crippen molar-refractivity contribution in [1.29, 1.82) is 0 Å². The molecule has 0 saturated carbocycles. The van der Waals surface area contributed by atoms with Gasteiger partial charge in [-0.05, 0) is 49.1 Å². The van der Waals surface area contributed by atoms with E-state index in [0.717, 1.165) is 40.1 Å². The van der Waals surface area contributed by atoms with Crippen molar-refractivity contribution in [2.24, 2.45) is 0 Å². The van der Waals surface area contributed by atoms with Crippen LogP contribution in [-0.4, -0.2) is 50.5 Å². The van der Waals surface area contributed by atoms with Gasteiger partial charge >= 0.3 is 0 Å². The Balaban J connectivity index is 2.05. The van der Waals surface area contributed by atoms with E-state index in [1.807, 2.05) is 68.4 Å². The summed E-state index contributed by atoms with van der Waals surface area (Å²) in [5.41, 5.74) is 3.67. The molecule has 9 heteroatoms. The summed E-state index contributed by atoms with van der Waals surface area (Å²) in [6, 6.07) is 21.3. The molecule has 0 unspecified atom stereocenters. The molecule has 2 amide bonds. The number of unbranched alkanes of at least 4 members (excludes halogenated alkanes) is 1. The molecule has 0 aliphatic heterocycles. The maximum Gasteiger partial charge on any atom is 0.244 e. The lowest BCUT2D eigenvalue weighted by atomic mass is 10.0. The smallest absolute Gasteiger partial charge is 0.244 e. The van der Waals surface area contributed by atoms with Gasteiger partial charge in [-0.15, -0.1) is 0 Å². The van der Waals surface area contributed by atoms with E-state index in [9.17, 15) is 18.0 Å². The number of sulfonamides is 1. The van der Waals surface area contributed by atoms with Crippen LogP contribution >= 0.6 is 11.6 Å². The molecule has 0 saturated heterocycles. The van der Waals surface area contributed by atoms with Crippen LogP contribution in [0.3, 0.4) is 0 Å². The molecule has 214 valence electrons. The number of hydrogen-bond donors (Lipinski definition) is 1. The number of rotatable bonds is 13. The van der Waals surface area contributed by atoms with Gasteiger partial charge in [0.15, 0.2) is 0 Å². The third kappa shape index (κ3) is 8.57. The number of carbonyl (C=O) groups excluding carboxylic acids is 2. The molecule has 3 aromatic rings. The lowest BCUT2D eigenvalue weighted by molar-refractivity contribution is -0.140. The van der Waals surface area contributed by atoms with E-state index in [1.165, 1.54) is 4.90 Å². The van der Waals surface area contributed by atoms with Crippen LogP contribution in [0.4, 0.5) is 5.69 Å². The summed E-state index contributed by atoms with van der Waals surface area (Å²) >= 11 is 6.30. The maximum atomic E-state index is 14.1. The number of carbonyl (C=O) groups is 2. The standard InChI is InChI=1S/C31H38ClN3O4S/c1-5-6-19-33-31(37)29(20-25-11-8-7-9-12-25)34(21-26-17-15-23(2)16-18-26)30(36)22-35(40(4,38)39)28-14-10-13-27(32)24(28)3/h7-18,29H,5-6,19-22H2,1-4H3,(H,33,37)/t29-/m1/s1. The molecular weight excluding hydrogens is 546 g/mol. The number of nitrogens with one attached hydrogen (secondary N) is 1. The van der Waals surface area contributed by atoms with Crippen LogP contribution in [0.25, 0.3) is 0 Å². The van der Waals surface area contributed by atoms with Crippen molar-refractivity contribution in [3.05, 3.63) is 100 Å². The number of hydrogen-bond acceptors (Lipinski definition) is 4. The molecule has 1 atom stereocenters. The Morgan fingerprint density at radius 2 is 1.60 bits per heavy atom. The lowest BCUT2D eigenvalue weighted by Crippen LogP contribution is -2.53. The number of benzene rings is 3. The molecule has 0 fully saturated rings. The molecule has 0 bridgehead atoms.